The third-order valence-corrected chi connectivity index (χ3v) is 3.09. The lowest BCUT2D eigenvalue weighted by Crippen LogP contribution is -2.25. The standard InChI is InChI=1S/C17H19N2O/c1-14-4-6-15(7-5-14)17(20)10-13-19-11-8-16(9-12-19)18(2)3/h4-13H,1-3H3/q+1/b13-10-. The molecule has 0 fully saturated rings. The summed E-state index contributed by atoms with van der Waals surface area (Å²) in [4.78, 5) is 14.0. The summed E-state index contributed by atoms with van der Waals surface area (Å²) in [6, 6.07) is 11.6. The topological polar surface area (TPSA) is 24.2 Å². The molecule has 2 rings (SSSR count). The molecule has 0 atom stereocenters. The molecular weight excluding hydrogens is 248 g/mol. The number of nitrogens with zero attached hydrogens (tertiary/aromatic N) is 2. The van der Waals surface area contributed by atoms with Gasteiger partial charge in [0, 0.05) is 37.5 Å². The zero-order chi connectivity index (χ0) is 14.5. The minimum absolute atomic E-state index is 0.00851. The van der Waals surface area contributed by atoms with Gasteiger partial charge in [0.15, 0.2) is 24.4 Å². The van der Waals surface area contributed by atoms with Crippen LogP contribution < -0.4 is 9.47 Å². The third kappa shape index (κ3) is 3.54. The molecule has 0 spiro atoms. The maximum atomic E-state index is 12.0. The Balaban J connectivity index is 2.08. The number of hydrogen-bond donors (Lipinski definition) is 0. The summed E-state index contributed by atoms with van der Waals surface area (Å²) in [5.41, 5.74) is 2.98. The van der Waals surface area contributed by atoms with E-state index in [1.54, 1.807) is 12.3 Å². The van der Waals surface area contributed by atoms with Crippen molar-refractivity contribution in [2.45, 2.75) is 6.92 Å². The monoisotopic (exact) mass is 267 g/mol. The quantitative estimate of drug-likeness (QED) is 0.483. The number of anilines is 1. The number of aromatic nitrogens is 1. The summed E-state index contributed by atoms with van der Waals surface area (Å²) in [5.74, 6) is 0.00851. The lowest BCUT2D eigenvalue weighted by Gasteiger charge is -2.09. The number of ketones is 1. The largest absolute Gasteiger partial charge is 0.377 e. The molecule has 20 heavy (non-hydrogen) atoms. The molecule has 3 nitrogen and oxygen atoms in total. The van der Waals surface area contributed by atoms with Gasteiger partial charge in [-0.25, -0.2) is 0 Å². The van der Waals surface area contributed by atoms with Gasteiger partial charge in [-0.15, -0.1) is 0 Å². The van der Waals surface area contributed by atoms with Crippen LogP contribution in [0.2, 0.25) is 0 Å². The smallest absolute Gasteiger partial charge is 0.191 e. The minimum Gasteiger partial charge on any atom is -0.377 e. The molecule has 1 heterocycles. The molecule has 0 aliphatic heterocycles. The van der Waals surface area contributed by atoms with Gasteiger partial charge in [0.05, 0.1) is 6.08 Å². The summed E-state index contributed by atoms with van der Waals surface area (Å²) >= 11 is 0. The molecule has 102 valence electrons. The SMILES string of the molecule is Cc1ccc(C(=O)/C=C\[n+]2ccc(N(C)C)cc2)cc1. The Morgan fingerprint density at radius 1 is 1.05 bits per heavy atom. The van der Waals surface area contributed by atoms with E-state index < -0.39 is 0 Å². The Kier molecular flexibility index (Phi) is 4.31. The van der Waals surface area contributed by atoms with Gasteiger partial charge < -0.3 is 4.90 Å². The van der Waals surface area contributed by atoms with Gasteiger partial charge in [0.1, 0.15) is 0 Å². The van der Waals surface area contributed by atoms with Crippen LogP contribution >= 0.6 is 0 Å². The molecule has 1 aromatic heterocycles. The normalized spacial score (nSPS) is 10.8. The second-order valence-corrected chi connectivity index (χ2v) is 4.94. The highest BCUT2D eigenvalue weighted by Crippen LogP contribution is 2.06. The van der Waals surface area contributed by atoms with E-state index in [2.05, 4.69) is 0 Å². The fraction of sp³-hybridized carbons (Fsp3) is 0.176. The van der Waals surface area contributed by atoms with Gasteiger partial charge in [-0.1, -0.05) is 29.8 Å². The van der Waals surface area contributed by atoms with E-state index in [4.69, 9.17) is 0 Å². The molecule has 0 radical (unpaired) electrons. The lowest BCUT2D eigenvalue weighted by atomic mass is 10.1. The Morgan fingerprint density at radius 2 is 1.65 bits per heavy atom. The third-order valence-electron chi connectivity index (χ3n) is 3.09. The lowest BCUT2D eigenvalue weighted by molar-refractivity contribution is -0.568. The molecule has 2 aromatic rings. The molecule has 0 aliphatic rings. The number of allylic oxidation sites excluding steroid dienone is 1. The van der Waals surface area contributed by atoms with Crippen molar-refractivity contribution in [1.29, 1.82) is 0 Å². The van der Waals surface area contributed by atoms with Crippen LogP contribution in [-0.4, -0.2) is 19.9 Å². The fourth-order valence-electron chi connectivity index (χ4n) is 1.80. The highest BCUT2D eigenvalue weighted by molar-refractivity contribution is 6.05. The average Bonchev–Trinajstić information content (AvgIpc) is 2.46. The average molecular weight is 267 g/mol. The zero-order valence-corrected chi connectivity index (χ0v) is 12.1. The van der Waals surface area contributed by atoms with E-state index in [-0.39, 0.29) is 5.78 Å². The maximum absolute atomic E-state index is 12.0. The van der Waals surface area contributed by atoms with Gasteiger partial charge in [-0.3, -0.25) is 4.79 Å². The van der Waals surface area contributed by atoms with Crippen LogP contribution in [-0.2, 0) is 0 Å². The van der Waals surface area contributed by atoms with Crippen molar-refractivity contribution >= 4 is 17.7 Å². The number of hydrogen-bond acceptors (Lipinski definition) is 2. The summed E-state index contributed by atoms with van der Waals surface area (Å²) in [7, 11) is 3.99. The van der Waals surface area contributed by atoms with Crippen molar-refractivity contribution in [3.8, 4) is 0 Å². The van der Waals surface area contributed by atoms with E-state index in [0.29, 0.717) is 5.56 Å². The van der Waals surface area contributed by atoms with Crippen molar-refractivity contribution in [1.82, 2.24) is 0 Å². The van der Waals surface area contributed by atoms with Crippen molar-refractivity contribution < 1.29 is 9.36 Å². The van der Waals surface area contributed by atoms with Crippen LogP contribution in [0, 0.1) is 6.92 Å². The molecule has 0 N–H and O–H groups in total. The molecule has 0 bridgehead atoms. The van der Waals surface area contributed by atoms with Crippen LogP contribution in [0.5, 0.6) is 0 Å². The summed E-state index contributed by atoms with van der Waals surface area (Å²) in [5, 5.41) is 0. The Bertz CT molecular complexity index is 610. The summed E-state index contributed by atoms with van der Waals surface area (Å²) < 4.78 is 1.86. The first-order chi connectivity index (χ1) is 9.56. The van der Waals surface area contributed by atoms with Gasteiger partial charge in [0.2, 0.25) is 0 Å². The van der Waals surface area contributed by atoms with Crippen LogP contribution in [0.15, 0.2) is 54.9 Å². The van der Waals surface area contributed by atoms with Crippen molar-refractivity contribution in [3.63, 3.8) is 0 Å². The van der Waals surface area contributed by atoms with Crippen molar-refractivity contribution in [2.24, 2.45) is 0 Å². The number of rotatable bonds is 4. The second kappa shape index (κ2) is 6.15. The molecule has 0 aliphatic carbocycles. The van der Waals surface area contributed by atoms with Crippen molar-refractivity contribution in [2.75, 3.05) is 19.0 Å². The molecule has 0 unspecified atom stereocenters. The predicted molar refractivity (Wildman–Crippen MR) is 81.8 cm³/mol. The molecule has 0 saturated heterocycles. The molecule has 0 amide bonds. The van der Waals surface area contributed by atoms with Crippen LogP contribution in [0.1, 0.15) is 15.9 Å². The van der Waals surface area contributed by atoms with Gasteiger partial charge in [0.25, 0.3) is 0 Å². The Labute approximate surface area is 119 Å². The van der Waals surface area contributed by atoms with E-state index in [1.165, 1.54) is 0 Å². The summed E-state index contributed by atoms with van der Waals surface area (Å²) in [6.07, 6.45) is 7.20. The highest BCUT2D eigenvalue weighted by Gasteiger charge is 2.03. The van der Waals surface area contributed by atoms with E-state index in [1.807, 2.05) is 79.3 Å². The number of pyridine rings is 1. The molecular formula is C17H19N2O+. The minimum atomic E-state index is 0.00851. The fourth-order valence-corrected chi connectivity index (χ4v) is 1.80. The van der Waals surface area contributed by atoms with Crippen LogP contribution in [0.3, 0.4) is 0 Å². The first-order valence-corrected chi connectivity index (χ1v) is 6.53. The molecule has 0 saturated carbocycles. The van der Waals surface area contributed by atoms with E-state index >= 15 is 0 Å². The van der Waals surface area contributed by atoms with Gasteiger partial charge >= 0.3 is 0 Å². The second-order valence-electron chi connectivity index (χ2n) is 4.94. The van der Waals surface area contributed by atoms with Gasteiger partial charge in [-0.2, -0.15) is 4.57 Å². The van der Waals surface area contributed by atoms with Crippen LogP contribution in [0.25, 0.3) is 6.20 Å². The van der Waals surface area contributed by atoms with E-state index in [9.17, 15) is 4.79 Å². The number of benzene rings is 1. The predicted octanol–water partition coefficient (Wildman–Crippen LogP) is 2.70. The molecule has 1 aromatic carbocycles. The highest BCUT2D eigenvalue weighted by atomic mass is 16.1. The number of carbonyl (C=O) groups is 1. The molecule has 3 heteroatoms. The maximum Gasteiger partial charge on any atom is 0.191 e. The van der Waals surface area contributed by atoms with Gasteiger partial charge in [-0.05, 0) is 6.92 Å². The van der Waals surface area contributed by atoms with Crippen LogP contribution in [0.4, 0.5) is 5.69 Å². The Morgan fingerprint density at radius 3 is 2.20 bits per heavy atom. The first kappa shape index (κ1) is 14.0. The Hall–Kier alpha value is -2.42. The number of carbonyl (C=O) groups excluding carboxylic acids is 1. The summed E-state index contributed by atoms with van der Waals surface area (Å²) in [6.45, 7) is 2.01. The number of aryl methyl sites for hydroxylation is 1. The first-order valence-electron chi connectivity index (χ1n) is 6.53. The van der Waals surface area contributed by atoms with Crippen molar-refractivity contribution in [3.05, 3.63) is 66.0 Å². The van der Waals surface area contributed by atoms with E-state index in [0.717, 1.165) is 11.3 Å². The zero-order valence-electron chi connectivity index (χ0n) is 12.1.